The molecule has 3 N–H and O–H groups in total. The molecule has 0 aliphatic heterocycles. The Labute approximate surface area is 103 Å². The number of hydrazine groups is 1. The first-order valence-electron chi connectivity index (χ1n) is 5.82. The second kappa shape index (κ2) is 6.24. The van der Waals surface area contributed by atoms with E-state index in [1.165, 1.54) is 12.0 Å². The molecule has 16 heavy (non-hydrogen) atoms. The van der Waals surface area contributed by atoms with Gasteiger partial charge < -0.3 is 0 Å². The van der Waals surface area contributed by atoms with Crippen LogP contribution < -0.4 is 11.3 Å². The van der Waals surface area contributed by atoms with Gasteiger partial charge in [0.25, 0.3) is 0 Å². The van der Waals surface area contributed by atoms with Crippen LogP contribution in [0.4, 0.5) is 0 Å². The number of hydrogen-bond donors (Lipinski definition) is 2. The third-order valence-corrected chi connectivity index (χ3v) is 3.46. The maximum absolute atomic E-state index is 6.02. The van der Waals surface area contributed by atoms with Gasteiger partial charge in [-0.1, -0.05) is 44.0 Å². The van der Waals surface area contributed by atoms with Crippen molar-refractivity contribution in [1.29, 1.82) is 0 Å². The van der Waals surface area contributed by atoms with Gasteiger partial charge in [-0.15, -0.1) is 0 Å². The maximum atomic E-state index is 6.02. The number of benzene rings is 1. The molecule has 90 valence electrons. The van der Waals surface area contributed by atoms with Crippen molar-refractivity contribution in [3.05, 3.63) is 34.3 Å². The second-order valence-electron chi connectivity index (χ2n) is 4.42. The highest BCUT2D eigenvalue weighted by Crippen LogP contribution is 2.27. The first-order chi connectivity index (χ1) is 7.60. The minimum atomic E-state index is 0.205. The molecule has 1 rings (SSSR count). The smallest absolute Gasteiger partial charge is 0.0485 e. The second-order valence-corrected chi connectivity index (χ2v) is 4.83. The van der Waals surface area contributed by atoms with E-state index in [-0.39, 0.29) is 6.04 Å². The fourth-order valence-electron chi connectivity index (χ4n) is 2.07. The Balaban J connectivity index is 2.90. The fraction of sp³-hybridized carbons (Fsp3) is 0.538. The molecular formula is C13H21ClN2. The molecule has 2 atom stereocenters. The molecule has 0 bridgehead atoms. The molecule has 1 aromatic carbocycles. The van der Waals surface area contributed by atoms with Crippen molar-refractivity contribution in [2.75, 3.05) is 0 Å². The van der Waals surface area contributed by atoms with E-state index < -0.39 is 0 Å². The molecular weight excluding hydrogens is 220 g/mol. The van der Waals surface area contributed by atoms with E-state index in [9.17, 15) is 0 Å². The Hall–Kier alpha value is -0.570. The lowest BCUT2D eigenvalue weighted by Gasteiger charge is -2.23. The zero-order valence-electron chi connectivity index (χ0n) is 10.3. The van der Waals surface area contributed by atoms with E-state index in [1.54, 1.807) is 0 Å². The van der Waals surface area contributed by atoms with E-state index in [4.69, 9.17) is 17.4 Å². The topological polar surface area (TPSA) is 38.0 Å². The molecule has 0 amide bonds. The van der Waals surface area contributed by atoms with Crippen molar-refractivity contribution in [2.45, 2.75) is 39.7 Å². The van der Waals surface area contributed by atoms with Crippen molar-refractivity contribution in [1.82, 2.24) is 5.43 Å². The molecule has 0 fully saturated rings. The summed E-state index contributed by atoms with van der Waals surface area (Å²) >= 11 is 6.02. The number of rotatable bonds is 5. The molecule has 0 aliphatic rings. The van der Waals surface area contributed by atoms with Crippen LogP contribution in [0.5, 0.6) is 0 Å². The number of nitrogens with two attached hydrogens (primary N) is 1. The van der Waals surface area contributed by atoms with Crippen LogP contribution in [0.15, 0.2) is 18.2 Å². The van der Waals surface area contributed by atoms with E-state index in [0.29, 0.717) is 5.92 Å². The number of aryl methyl sites for hydroxylation is 1. The highest BCUT2D eigenvalue weighted by molar-refractivity contribution is 6.31. The lowest BCUT2D eigenvalue weighted by Crippen LogP contribution is -2.32. The van der Waals surface area contributed by atoms with Gasteiger partial charge in [0.05, 0.1) is 0 Å². The number of hydrogen-bond acceptors (Lipinski definition) is 2. The molecule has 2 nitrogen and oxygen atoms in total. The highest BCUT2D eigenvalue weighted by Gasteiger charge is 2.17. The monoisotopic (exact) mass is 240 g/mol. The Bertz CT molecular complexity index is 339. The van der Waals surface area contributed by atoms with E-state index in [2.05, 4.69) is 25.3 Å². The van der Waals surface area contributed by atoms with Crippen LogP contribution in [-0.4, -0.2) is 0 Å². The van der Waals surface area contributed by atoms with Crippen LogP contribution in [0.2, 0.25) is 5.02 Å². The SMILES string of the molecule is CCCC(C)C(NN)c1ccc(Cl)c(C)c1. The summed E-state index contributed by atoms with van der Waals surface area (Å²) < 4.78 is 0. The van der Waals surface area contributed by atoms with Crippen molar-refractivity contribution < 1.29 is 0 Å². The summed E-state index contributed by atoms with van der Waals surface area (Å²) in [6, 6.07) is 6.30. The van der Waals surface area contributed by atoms with Gasteiger partial charge >= 0.3 is 0 Å². The summed E-state index contributed by atoms with van der Waals surface area (Å²) in [5.74, 6) is 6.16. The maximum Gasteiger partial charge on any atom is 0.0485 e. The van der Waals surface area contributed by atoms with Crippen LogP contribution in [0.25, 0.3) is 0 Å². The summed E-state index contributed by atoms with van der Waals surface area (Å²) in [4.78, 5) is 0. The van der Waals surface area contributed by atoms with Crippen molar-refractivity contribution >= 4 is 11.6 Å². The molecule has 0 spiro atoms. The van der Waals surface area contributed by atoms with Crippen molar-refractivity contribution in [3.63, 3.8) is 0 Å². The Morgan fingerprint density at radius 3 is 2.62 bits per heavy atom. The average Bonchev–Trinajstić information content (AvgIpc) is 2.25. The zero-order valence-corrected chi connectivity index (χ0v) is 11.0. The normalized spacial score (nSPS) is 14.8. The Morgan fingerprint density at radius 1 is 1.44 bits per heavy atom. The quantitative estimate of drug-likeness (QED) is 0.610. The van der Waals surface area contributed by atoms with Crippen LogP contribution in [0.1, 0.15) is 43.9 Å². The van der Waals surface area contributed by atoms with E-state index in [1.807, 2.05) is 19.1 Å². The predicted octanol–water partition coefficient (Wildman–Crippen LogP) is 3.59. The molecule has 1 aromatic rings. The van der Waals surface area contributed by atoms with Crippen LogP contribution in [-0.2, 0) is 0 Å². The third-order valence-electron chi connectivity index (χ3n) is 3.03. The van der Waals surface area contributed by atoms with E-state index in [0.717, 1.165) is 17.0 Å². The predicted molar refractivity (Wildman–Crippen MR) is 70.3 cm³/mol. The minimum Gasteiger partial charge on any atom is -0.271 e. The Morgan fingerprint density at radius 2 is 2.12 bits per heavy atom. The van der Waals surface area contributed by atoms with Gasteiger partial charge in [-0.25, -0.2) is 0 Å². The van der Waals surface area contributed by atoms with Crippen molar-refractivity contribution in [2.24, 2.45) is 11.8 Å². The largest absolute Gasteiger partial charge is 0.271 e. The fourth-order valence-corrected chi connectivity index (χ4v) is 2.19. The summed E-state index contributed by atoms with van der Waals surface area (Å²) in [5, 5.41) is 0.808. The zero-order chi connectivity index (χ0) is 12.1. The average molecular weight is 241 g/mol. The van der Waals surface area contributed by atoms with Crippen LogP contribution >= 0.6 is 11.6 Å². The molecule has 3 heteroatoms. The molecule has 0 radical (unpaired) electrons. The lowest BCUT2D eigenvalue weighted by atomic mass is 9.91. The lowest BCUT2D eigenvalue weighted by molar-refractivity contribution is 0.368. The third kappa shape index (κ3) is 3.21. The molecule has 0 saturated heterocycles. The summed E-state index contributed by atoms with van der Waals surface area (Å²) in [5.41, 5.74) is 5.22. The van der Waals surface area contributed by atoms with Crippen molar-refractivity contribution in [3.8, 4) is 0 Å². The summed E-state index contributed by atoms with van der Waals surface area (Å²) in [6.45, 7) is 6.43. The van der Waals surface area contributed by atoms with Crippen LogP contribution in [0, 0.1) is 12.8 Å². The molecule has 0 aliphatic carbocycles. The number of halogens is 1. The molecule has 0 aromatic heterocycles. The number of nitrogens with one attached hydrogen (secondary N) is 1. The van der Waals surface area contributed by atoms with Gasteiger partial charge in [-0.05, 0) is 36.5 Å². The van der Waals surface area contributed by atoms with E-state index >= 15 is 0 Å². The van der Waals surface area contributed by atoms with Gasteiger partial charge in [-0.2, -0.15) is 0 Å². The Kier molecular flexibility index (Phi) is 5.26. The summed E-state index contributed by atoms with van der Waals surface area (Å²) in [7, 11) is 0. The van der Waals surface area contributed by atoms with Gasteiger partial charge in [-0.3, -0.25) is 11.3 Å². The first kappa shape index (κ1) is 13.5. The van der Waals surface area contributed by atoms with Gasteiger partial charge in [0, 0.05) is 11.1 Å². The molecule has 0 heterocycles. The minimum absolute atomic E-state index is 0.205. The van der Waals surface area contributed by atoms with Gasteiger partial charge in [0.1, 0.15) is 0 Å². The van der Waals surface area contributed by atoms with Crippen LogP contribution in [0.3, 0.4) is 0 Å². The summed E-state index contributed by atoms with van der Waals surface area (Å²) in [6.07, 6.45) is 2.34. The van der Waals surface area contributed by atoms with Gasteiger partial charge in [0.2, 0.25) is 0 Å². The molecule has 2 unspecified atom stereocenters. The molecule has 0 saturated carbocycles. The van der Waals surface area contributed by atoms with Gasteiger partial charge in [0.15, 0.2) is 0 Å². The standard InChI is InChI=1S/C13H21ClN2/c1-4-5-9(2)13(16-15)11-6-7-12(14)10(3)8-11/h6-9,13,16H,4-5,15H2,1-3H3. The first-order valence-corrected chi connectivity index (χ1v) is 6.20. The highest BCUT2D eigenvalue weighted by atomic mass is 35.5.